The van der Waals surface area contributed by atoms with Gasteiger partial charge < -0.3 is 4.74 Å². The number of benzene rings is 1. The third kappa shape index (κ3) is 3.10. The zero-order valence-electron chi connectivity index (χ0n) is 12.0. The molecule has 1 aromatic carbocycles. The van der Waals surface area contributed by atoms with E-state index in [-0.39, 0.29) is 12.4 Å². The van der Waals surface area contributed by atoms with E-state index in [0.717, 1.165) is 21.4 Å². The third-order valence-corrected chi connectivity index (χ3v) is 5.61. The van der Waals surface area contributed by atoms with Crippen molar-refractivity contribution in [3.05, 3.63) is 57.1 Å². The van der Waals surface area contributed by atoms with Crippen molar-refractivity contribution in [3.63, 3.8) is 0 Å². The number of thiophene rings is 2. The number of carbonyl (C=O) groups excluding carboxylic acids is 2. The first kappa shape index (κ1) is 14.9. The van der Waals surface area contributed by atoms with Crippen molar-refractivity contribution in [2.24, 2.45) is 0 Å². The highest BCUT2D eigenvalue weighted by Crippen LogP contribution is 2.26. The summed E-state index contributed by atoms with van der Waals surface area (Å²) < 4.78 is 6.18. The lowest BCUT2D eigenvalue weighted by molar-refractivity contribution is 0.0481. The van der Waals surface area contributed by atoms with Gasteiger partial charge in [-0.15, -0.1) is 22.7 Å². The topological polar surface area (TPSA) is 43.4 Å². The zero-order chi connectivity index (χ0) is 15.5. The van der Waals surface area contributed by atoms with Crippen LogP contribution in [-0.4, -0.2) is 18.4 Å². The van der Waals surface area contributed by atoms with Crippen LogP contribution >= 0.6 is 22.7 Å². The van der Waals surface area contributed by atoms with Gasteiger partial charge in [0.05, 0.1) is 4.88 Å². The van der Waals surface area contributed by atoms with Gasteiger partial charge in [0.15, 0.2) is 6.61 Å². The molecule has 22 heavy (non-hydrogen) atoms. The molecule has 0 aliphatic rings. The summed E-state index contributed by atoms with van der Waals surface area (Å²) in [7, 11) is 0. The molecule has 0 N–H and O–H groups in total. The van der Waals surface area contributed by atoms with Gasteiger partial charge in [0.25, 0.3) is 0 Å². The summed E-state index contributed by atoms with van der Waals surface area (Å²) in [5.74, 6) is -0.596. The first-order chi connectivity index (χ1) is 10.7. The Hall–Kier alpha value is -1.98. The van der Waals surface area contributed by atoms with E-state index in [0.29, 0.717) is 9.75 Å². The van der Waals surface area contributed by atoms with Gasteiger partial charge in [0, 0.05) is 9.58 Å². The van der Waals surface area contributed by atoms with E-state index in [1.165, 1.54) is 22.7 Å². The van der Waals surface area contributed by atoms with E-state index in [1.54, 1.807) is 12.1 Å². The van der Waals surface area contributed by atoms with Gasteiger partial charge in [-0.2, -0.15) is 0 Å². The smallest absolute Gasteiger partial charge is 0.348 e. The number of Topliss-reactive ketones (excluding diaryl/α,β-unsaturated/α-hetero) is 1. The first-order valence-electron chi connectivity index (χ1n) is 6.95. The van der Waals surface area contributed by atoms with E-state index in [1.807, 2.05) is 37.3 Å². The van der Waals surface area contributed by atoms with Crippen LogP contribution in [0, 0.1) is 0 Å². The fourth-order valence-corrected chi connectivity index (χ4v) is 3.90. The number of hydrogen-bond acceptors (Lipinski definition) is 5. The van der Waals surface area contributed by atoms with Crippen LogP contribution in [0.25, 0.3) is 10.1 Å². The summed E-state index contributed by atoms with van der Waals surface area (Å²) in [5.41, 5.74) is 0. The molecule has 3 rings (SSSR count). The lowest BCUT2D eigenvalue weighted by Gasteiger charge is -2.00. The molecule has 0 bridgehead atoms. The van der Waals surface area contributed by atoms with Crippen molar-refractivity contribution in [3.8, 4) is 0 Å². The van der Waals surface area contributed by atoms with E-state index >= 15 is 0 Å². The number of fused-ring (bicyclic) bond motifs is 1. The van der Waals surface area contributed by atoms with Crippen molar-refractivity contribution < 1.29 is 14.3 Å². The second-order valence-electron chi connectivity index (χ2n) is 4.77. The van der Waals surface area contributed by atoms with Crippen molar-refractivity contribution in [2.75, 3.05) is 6.61 Å². The molecule has 0 fully saturated rings. The van der Waals surface area contributed by atoms with Gasteiger partial charge >= 0.3 is 5.97 Å². The zero-order valence-corrected chi connectivity index (χ0v) is 13.6. The minimum Gasteiger partial charge on any atom is -0.453 e. The molecule has 0 aliphatic carbocycles. The summed E-state index contributed by atoms with van der Waals surface area (Å²) in [5, 5.41) is 1.01. The molecule has 0 amide bonds. The second kappa shape index (κ2) is 6.42. The molecular formula is C17H14O3S2. The summed E-state index contributed by atoms with van der Waals surface area (Å²) in [6.45, 7) is 1.83. The Morgan fingerprint density at radius 1 is 1.05 bits per heavy atom. The van der Waals surface area contributed by atoms with E-state index in [9.17, 15) is 9.59 Å². The fourth-order valence-electron chi connectivity index (χ4n) is 2.07. The Bertz CT molecular complexity index is 796. The predicted molar refractivity (Wildman–Crippen MR) is 90.1 cm³/mol. The molecule has 112 valence electrons. The Kier molecular flexibility index (Phi) is 4.36. The molecule has 2 heterocycles. The van der Waals surface area contributed by atoms with E-state index in [4.69, 9.17) is 4.74 Å². The van der Waals surface area contributed by atoms with Crippen LogP contribution in [0.1, 0.15) is 31.1 Å². The van der Waals surface area contributed by atoms with Crippen LogP contribution in [-0.2, 0) is 11.2 Å². The lowest BCUT2D eigenvalue weighted by Crippen LogP contribution is -2.12. The molecule has 0 unspecified atom stereocenters. The van der Waals surface area contributed by atoms with Crippen LogP contribution in [0.4, 0.5) is 0 Å². The van der Waals surface area contributed by atoms with Gasteiger partial charge in [0.2, 0.25) is 5.78 Å². The number of carbonyl (C=O) groups is 2. The van der Waals surface area contributed by atoms with Crippen molar-refractivity contribution >= 4 is 44.5 Å². The molecular weight excluding hydrogens is 316 g/mol. The van der Waals surface area contributed by atoms with Gasteiger partial charge in [0.1, 0.15) is 4.88 Å². The molecule has 0 atom stereocenters. The maximum absolute atomic E-state index is 12.1. The highest BCUT2D eigenvalue weighted by atomic mass is 32.1. The fraction of sp³-hybridized carbons (Fsp3) is 0.176. The summed E-state index contributed by atoms with van der Waals surface area (Å²) in [6, 6.07) is 13.3. The number of ketones is 1. The molecule has 0 saturated carbocycles. The first-order valence-corrected chi connectivity index (χ1v) is 8.58. The van der Waals surface area contributed by atoms with Gasteiger partial charge in [-0.25, -0.2) is 4.79 Å². The highest BCUT2D eigenvalue weighted by molar-refractivity contribution is 7.20. The monoisotopic (exact) mass is 330 g/mol. The van der Waals surface area contributed by atoms with Crippen LogP contribution < -0.4 is 0 Å². The number of aryl methyl sites for hydroxylation is 1. The number of hydrogen-bond donors (Lipinski definition) is 0. The molecule has 0 aliphatic heterocycles. The van der Waals surface area contributed by atoms with E-state index in [2.05, 4.69) is 0 Å². The molecule has 0 saturated heterocycles. The molecule has 3 aromatic rings. The second-order valence-corrected chi connectivity index (χ2v) is 7.02. The Morgan fingerprint density at radius 2 is 1.86 bits per heavy atom. The van der Waals surface area contributed by atoms with Crippen molar-refractivity contribution in [2.45, 2.75) is 13.3 Å². The standard InChI is InChI=1S/C17H14O3S2/c1-2-12-7-8-15(21-12)13(18)10-20-17(19)16-9-11-5-3-4-6-14(11)22-16/h3-9H,2,10H2,1H3. The Morgan fingerprint density at radius 3 is 2.59 bits per heavy atom. The molecule has 0 spiro atoms. The summed E-state index contributed by atoms with van der Waals surface area (Å²) >= 11 is 2.83. The molecule has 5 heteroatoms. The van der Waals surface area contributed by atoms with Gasteiger partial charge in [-0.05, 0) is 36.1 Å². The number of ether oxygens (including phenoxy) is 1. The van der Waals surface area contributed by atoms with Crippen molar-refractivity contribution in [1.82, 2.24) is 0 Å². The van der Waals surface area contributed by atoms with Crippen LogP contribution in [0.5, 0.6) is 0 Å². The maximum atomic E-state index is 12.1. The van der Waals surface area contributed by atoms with E-state index < -0.39 is 5.97 Å². The number of rotatable bonds is 5. The van der Waals surface area contributed by atoms with Crippen molar-refractivity contribution in [1.29, 1.82) is 0 Å². The normalized spacial score (nSPS) is 10.8. The Balaban J connectivity index is 1.65. The highest BCUT2D eigenvalue weighted by Gasteiger charge is 2.15. The maximum Gasteiger partial charge on any atom is 0.348 e. The third-order valence-electron chi connectivity index (χ3n) is 3.25. The average molecular weight is 330 g/mol. The predicted octanol–water partition coefficient (Wildman–Crippen LogP) is 4.56. The quantitative estimate of drug-likeness (QED) is 0.508. The average Bonchev–Trinajstić information content (AvgIpc) is 3.18. The number of esters is 1. The van der Waals surface area contributed by atoms with Crippen LogP contribution in [0.15, 0.2) is 42.5 Å². The SMILES string of the molecule is CCc1ccc(C(=O)COC(=O)c2cc3ccccc3s2)s1. The van der Waals surface area contributed by atoms with Crippen LogP contribution in [0.3, 0.4) is 0 Å². The largest absolute Gasteiger partial charge is 0.453 e. The lowest BCUT2D eigenvalue weighted by atomic mass is 10.2. The van der Waals surface area contributed by atoms with Gasteiger partial charge in [-0.3, -0.25) is 4.79 Å². The molecule has 2 aromatic heterocycles. The summed E-state index contributed by atoms with van der Waals surface area (Å²) in [4.78, 5) is 26.4. The Labute approximate surface area is 136 Å². The van der Waals surface area contributed by atoms with Gasteiger partial charge in [-0.1, -0.05) is 25.1 Å². The molecule has 3 nitrogen and oxygen atoms in total. The van der Waals surface area contributed by atoms with Crippen LogP contribution in [0.2, 0.25) is 0 Å². The minimum absolute atomic E-state index is 0.154. The minimum atomic E-state index is -0.443. The molecule has 0 radical (unpaired) electrons. The summed E-state index contributed by atoms with van der Waals surface area (Å²) in [6.07, 6.45) is 0.902.